The van der Waals surface area contributed by atoms with Crippen LogP contribution in [0.1, 0.15) is 11.3 Å². The molecule has 2 N–H and O–H groups in total. The van der Waals surface area contributed by atoms with Gasteiger partial charge in [-0.25, -0.2) is 13.4 Å². The largest absolute Gasteiger partial charge is 0.340 e. The van der Waals surface area contributed by atoms with E-state index in [9.17, 15) is 13.2 Å². The zero-order valence-corrected chi connectivity index (χ0v) is 16.5. The summed E-state index contributed by atoms with van der Waals surface area (Å²) in [7, 11) is -3.79. The summed E-state index contributed by atoms with van der Waals surface area (Å²) in [5, 5.41) is 5.50. The van der Waals surface area contributed by atoms with Crippen LogP contribution in [-0.2, 0) is 21.2 Å². The number of sulfonamides is 1. The molecule has 1 aliphatic heterocycles. The highest BCUT2D eigenvalue weighted by molar-refractivity contribution is 7.93. The molecular formula is C16H19ClN4O3S2. The number of hydrogen-bond acceptors (Lipinski definition) is 6. The highest BCUT2D eigenvalue weighted by atomic mass is 35.5. The minimum Gasteiger partial charge on any atom is -0.340 e. The van der Waals surface area contributed by atoms with Crippen molar-refractivity contribution < 1.29 is 13.2 Å². The number of carbonyl (C=O) groups excluding carboxylic acids is 1. The van der Waals surface area contributed by atoms with Crippen molar-refractivity contribution in [2.45, 2.75) is 18.2 Å². The molecule has 1 saturated heterocycles. The molecular weight excluding hydrogens is 396 g/mol. The highest BCUT2D eigenvalue weighted by Crippen LogP contribution is 2.26. The number of thiazole rings is 1. The molecule has 2 heterocycles. The second-order valence-electron chi connectivity index (χ2n) is 5.92. The zero-order chi connectivity index (χ0) is 18.7. The van der Waals surface area contributed by atoms with Crippen LogP contribution in [0.3, 0.4) is 0 Å². The molecule has 10 heteroatoms. The second kappa shape index (κ2) is 7.91. The number of carbonyl (C=O) groups is 1. The van der Waals surface area contributed by atoms with E-state index in [1.165, 1.54) is 6.07 Å². The van der Waals surface area contributed by atoms with Crippen LogP contribution in [0.5, 0.6) is 0 Å². The van der Waals surface area contributed by atoms with Gasteiger partial charge in [-0.1, -0.05) is 17.7 Å². The van der Waals surface area contributed by atoms with E-state index in [2.05, 4.69) is 15.0 Å². The summed E-state index contributed by atoms with van der Waals surface area (Å²) in [6, 6.07) is 4.72. The van der Waals surface area contributed by atoms with Crippen molar-refractivity contribution in [1.29, 1.82) is 0 Å². The van der Waals surface area contributed by atoms with Crippen molar-refractivity contribution in [3.05, 3.63) is 39.9 Å². The molecule has 0 radical (unpaired) electrons. The summed E-state index contributed by atoms with van der Waals surface area (Å²) in [5.74, 6) is -0.00288. The maximum absolute atomic E-state index is 12.6. The van der Waals surface area contributed by atoms with Gasteiger partial charge in [-0.3, -0.25) is 9.52 Å². The lowest BCUT2D eigenvalue weighted by atomic mass is 10.2. The van der Waals surface area contributed by atoms with Crippen molar-refractivity contribution in [1.82, 2.24) is 15.2 Å². The Kier molecular flexibility index (Phi) is 5.81. The molecule has 1 aromatic carbocycles. The number of piperazine rings is 1. The minimum absolute atomic E-state index is 0.00288. The highest BCUT2D eigenvalue weighted by Gasteiger charge is 2.21. The van der Waals surface area contributed by atoms with E-state index in [0.29, 0.717) is 29.4 Å². The second-order valence-corrected chi connectivity index (χ2v) is 8.84. The molecule has 0 spiro atoms. The lowest BCUT2D eigenvalue weighted by molar-refractivity contribution is -0.131. The Morgan fingerprint density at radius 2 is 2.12 bits per heavy atom. The Balaban J connectivity index is 1.69. The molecule has 2 aromatic rings. The standard InChI is InChI=1S/C16H19ClN4O3S2/c1-11-13(17)3-2-4-14(11)26(23,24)20-16-19-12(10-25-16)9-15(22)21-7-5-18-6-8-21/h2-4,10,18H,5-9H2,1H3,(H,19,20). The summed E-state index contributed by atoms with van der Waals surface area (Å²) in [5.41, 5.74) is 1.03. The molecule has 0 bridgehead atoms. The molecule has 26 heavy (non-hydrogen) atoms. The van der Waals surface area contributed by atoms with Crippen LogP contribution < -0.4 is 10.0 Å². The summed E-state index contributed by atoms with van der Waals surface area (Å²) in [6.45, 7) is 4.57. The predicted octanol–water partition coefficient (Wildman–Crippen LogP) is 1.88. The first-order valence-corrected chi connectivity index (χ1v) is 10.8. The first-order valence-electron chi connectivity index (χ1n) is 8.07. The van der Waals surface area contributed by atoms with Crippen LogP contribution in [0.15, 0.2) is 28.5 Å². The van der Waals surface area contributed by atoms with Crippen LogP contribution in [0.4, 0.5) is 5.13 Å². The van der Waals surface area contributed by atoms with Gasteiger partial charge in [-0.2, -0.15) is 0 Å². The Morgan fingerprint density at radius 3 is 2.85 bits per heavy atom. The van der Waals surface area contributed by atoms with E-state index < -0.39 is 10.0 Å². The molecule has 140 valence electrons. The van der Waals surface area contributed by atoms with Crippen molar-refractivity contribution in [3.8, 4) is 0 Å². The van der Waals surface area contributed by atoms with Gasteiger partial charge in [0.05, 0.1) is 17.0 Å². The van der Waals surface area contributed by atoms with E-state index in [0.717, 1.165) is 24.4 Å². The lowest BCUT2D eigenvalue weighted by Gasteiger charge is -2.27. The van der Waals surface area contributed by atoms with Crippen molar-refractivity contribution >= 4 is 44.0 Å². The van der Waals surface area contributed by atoms with Gasteiger partial charge in [0.25, 0.3) is 10.0 Å². The van der Waals surface area contributed by atoms with Crippen LogP contribution in [0, 0.1) is 6.92 Å². The molecule has 1 aliphatic rings. The number of hydrogen-bond donors (Lipinski definition) is 2. The fraction of sp³-hybridized carbons (Fsp3) is 0.375. The van der Waals surface area contributed by atoms with E-state index in [4.69, 9.17) is 11.6 Å². The third kappa shape index (κ3) is 4.35. The van der Waals surface area contributed by atoms with Crippen LogP contribution in [0.25, 0.3) is 0 Å². The fourth-order valence-corrected chi connectivity index (χ4v) is 5.13. The van der Waals surface area contributed by atoms with Crippen LogP contribution >= 0.6 is 22.9 Å². The number of anilines is 1. The molecule has 1 amide bonds. The Hall–Kier alpha value is -1.68. The molecule has 0 aliphatic carbocycles. The number of aromatic nitrogens is 1. The summed E-state index contributed by atoms with van der Waals surface area (Å²) < 4.78 is 27.6. The maximum Gasteiger partial charge on any atom is 0.263 e. The third-order valence-corrected chi connectivity index (χ3v) is 6.91. The topological polar surface area (TPSA) is 91.4 Å². The van der Waals surface area contributed by atoms with Gasteiger partial charge >= 0.3 is 0 Å². The minimum atomic E-state index is -3.79. The Bertz CT molecular complexity index is 908. The third-order valence-electron chi connectivity index (χ3n) is 4.08. The summed E-state index contributed by atoms with van der Waals surface area (Å²) >= 11 is 7.16. The van der Waals surface area contributed by atoms with Gasteiger partial charge < -0.3 is 10.2 Å². The monoisotopic (exact) mass is 414 g/mol. The van der Waals surface area contributed by atoms with Gasteiger partial charge in [0.2, 0.25) is 5.91 Å². The van der Waals surface area contributed by atoms with Crippen molar-refractivity contribution in [3.63, 3.8) is 0 Å². The van der Waals surface area contributed by atoms with Gasteiger partial charge in [-0.05, 0) is 24.6 Å². The molecule has 0 unspecified atom stereocenters. The van der Waals surface area contributed by atoms with E-state index in [-0.39, 0.29) is 22.4 Å². The summed E-state index contributed by atoms with van der Waals surface area (Å²) in [6.07, 6.45) is 0.161. The SMILES string of the molecule is Cc1c(Cl)cccc1S(=O)(=O)Nc1nc(CC(=O)N2CCNCC2)cs1. The average Bonchev–Trinajstić information content (AvgIpc) is 3.04. The number of rotatable bonds is 5. The first-order chi connectivity index (χ1) is 12.4. The van der Waals surface area contributed by atoms with E-state index >= 15 is 0 Å². The molecule has 7 nitrogen and oxygen atoms in total. The molecule has 1 aromatic heterocycles. The van der Waals surface area contributed by atoms with E-state index in [1.807, 2.05) is 0 Å². The van der Waals surface area contributed by atoms with Crippen LogP contribution in [0.2, 0.25) is 5.02 Å². The Labute approximate surface area is 161 Å². The summed E-state index contributed by atoms with van der Waals surface area (Å²) in [4.78, 5) is 18.4. The maximum atomic E-state index is 12.6. The average molecular weight is 415 g/mol. The first kappa shape index (κ1) is 19.1. The zero-order valence-electron chi connectivity index (χ0n) is 14.2. The van der Waals surface area contributed by atoms with Gasteiger partial charge in [0.15, 0.2) is 5.13 Å². The van der Waals surface area contributed by atoms with Crippen LogP contribution in [-0.4, -0.2) is 50.4 Å². The number of amides is 1. The lowest BCUT2D eigenvalue weighted by Crippen LogP contribution is -2.46. The normalized spacial score (nSPS) is 15.1. The molecule has 0 atom stereocenters. The van der Waals surface area contributed by atoms with Gasteiger partial charge in [0.1, 0.15) is 0 Å². The number of nitrogens with zero attached hydrogens (tertiary/aromatic N) is 2. The molecule has 3 rings (SSSR count). The number of benzene rings is 1. The quantitative estimate of drug-likeness (QED) is 0.779. The van der Waals surface area contributed by atoms with Gasteiger partial charge in [-0.15, -0.1) is 11.3 Å². The predicted molar refractivity (Wildman–Crippen MR) is 102 cm³/mol. The molecule has 0 saturated carbocycles. The fourth-order valence-electron chi connectivity index (χ4n) is 2.66. The Morgan fingerprint density at radius 1 is 1.38 bits per heavy atom. The number of nitrogens with one attached hydrogen (secondary N) is 2. The van der Waals surface area contributed by atoms with E-state index in [1.54, 1.807) is 29.3 Å². The smallest absolute Gasteiger partial charge is 0.263 e. The van der Waals surface area contributed by atoms with Crippen molar-refractivity contribution in [2.75, 3.05) is 30.9 Å². The van der Waals surface area contributed by atoms with Crippen molar-refractivity contribution in [2.24, 2.45) is 0 Å². The number of halogens is 1. The molecule has 1 fully saturated rings. The van der Waals surface area contributed by atoms with Gasteiger partial charge in [0, 0.05) is 36.6 Å².